The van der Waals surface area contributed by atoms with E-state index in [9.17, 15) is 4.79 Å². The van der Waals surface area contributed by atoms with E-state index in [1.54, 1.807) is 0 Å². The molecule has 1 atom stereocenters. The van der Waals surface area contributed by atoms with Crippen molar-refractivity contribution in [1.29, 1.82) is 0 Å². The van der Waals surface area contributed by atoms with Gasteiger partial charge in [0.1, 0.15) is 0 Å². The van der Waals surface area contributed by atoms with Gasteiger partial charge in [-0.25, -0.2) is 0 Å². The first-order valence-electron chi connectivity index (χ1n) is 9.55. The van der Waals surface area contributed by atoms with Gasteiger partial charge in [0.15, 0.2) is 5.78 Å². The average Bonchev–Trinajstić information content (AvgIpc) is 3.00. The standard InChI is InChI=1S/C26H24O/c1-5-20-22-12-10-18(16(2)3)14-24(22)25-15-19(11-13-23(20)25)26(27)21-9-7-6-8-17(21)4/h6-15,20H,2,5H2,1,3-4H3. The number of carbonyl (C=O) groups is 1. The van der Waals surface area contributed by atoms with Gasteiger partial charge in [0.05, 0.1) is 0 Å². The van der Waals surface area contributed by atoms with Gasteiger partial charge in [-0.15, -0.1) is 0 Å². The molecule has 0 radical (unpaired) electrons. The molecule has 0 heterocycles. The van der Waals surface area contributed by atoms with Gasteiger partial charge >= 0.3 is 0 Å². The van der Waals surface area contributed by atoms with Crippen LogP contribution in [0.2, 0.25) is 0 Å². The number of carbonyl (C=O) groups excluding carboxylic acids is 1. The lowest BCUT2D eigenvalue weighted by Gasteiger charge is -2.11. The van der Waals surface area contributed by atoms with Crippen LogP contribution in [0.5, 0.6) is 0 Å². The van der Waals surface area contributed by atoms with Crippen molar-refractivity contribution in [2.24, 2.45) is 0 Å². The number of ketones is 1. The molecule has 1 aliphatic rings. The second-order valence-electron chi connectivity index (χ2n) is 7.49. The summed E-state index contributed by atoms with van der Waals surface area (Å²) in [6, 6.07) is 20.6. The van der Waals surface area contributed by atoms with Crippen LogP contribution in [0, 0.1) is 6.92 Å². The molecular weight excluding hydrogens is 328 g/mol. The highest BCUT2D eigenvalue weighted by atomic mass is 16.1. The lowest BCUT2D eigenvalue weighted by Crippen LogP contribution is -2.04. The predicted octanol–water partition coefficient (Wildman–Crippen LogP) is 6.78. The maximum atomic E-state index is 13.1. The molecular formula is C26H24O. The van der Waals surface area contributed by atoms with Crippen molar-refractivity contribution in [2.75, 3.05) is 0 Å². The van der Waals surface area contributed by atoms with Crippen LogP contribution in [0.25, 0.3) is 16.7 Å². The minimum Gasteiger partial charge on any atom is -0.289 e. The van der Waals surface area contributed by atoms with E-state index in [1.165, 1.54) is 22.3 Å². The molecule has 1 aliphatic carbocycles. The van der Waals surface area contributed by atoms with Crippen LogP contribution in [0.4, 0.5) is 0 Å². The van der Waals surface area contributed by atoms with E-state index in [0.29, 0.717) is 5.92 Å². The van der Waals surface area contributed by atoms with Crippen LogP contribution in [-0.4, -0.2) is 5.78 Å². The molecule has 0 aromatic heterocycles. The Bertz CT molecular complexity index is 1070. The Morgan fingerprint density at radius 2 is 1.52 bits per heavy atom. The largest absolute Gasteiger partial charge is 0.289 e. The molecule has 3 aromatic carbocycles. The Kier molecular flexibility index (Phi) is 4.31. The third-order valence-corrected chi connectivity index (χ3v) is 5.70. The Hall–Kier alpha value is -2.93. The van der Waals surface area contributed by atoms with Crippen LogP contribution in [0.3, 0.4) is 0 Å². The maximum absolute atomic E-state index is 13.1. The lowest BCUT2D eigenvalue weighted by molar-refractivity contribution is 0.103. The van der Waals surface area contributed by atoms with Gasteiger partial charge in [-0.2, -0.15) is 0 Å². The van der Waals surface area contributed by atoms with E-state index in [-0.39, 0.29) is 5.78 Å². The zero-order valence-corrected chi connectivity index (χ0v) is 16.2. The molecule has 0 saturated carbocycles. The number of rotatable bonds is 4. The van der Waals surface area contributed by atoms with Crippen LogP contribution in [0.1, 0.15) is 64.4 Å². The molecule has 0 bridgehead atoms. The summed E-state index contributed by atoms with van der Waals surface area (Å²) in [5.74, 6) is 0.491. The van der Waals surface area contributed by atoms with Crippen LogP contribution >= 0.6 is 0 Å². The molecule has 27 heavy (non-hydrogen) atoms. The van der Waals surface area contributed by atoms with Crippen LogP contribution in [0.15, 0.2) is 67.2 Å². The van der Waals surface area contributed by atoms with E-state index in [1.807, 2.05) is 44.2 Å². The maximum Gasteiger partial charge on any atom is 0.193 e. The van der Waals surface area contributed by atoms with Gasteiger partial charge in [0, 0.05) is 17.0 Å². The molecule has 0 amide bonds. The number of benzene rings is 3. The molecule has 0 spiro atoms. The normalized spacial score (nSPS) is 14.6. The third kappa shape index (κ3) is 2.84. The second-order valence-corrected chi connectivity index (χ2v) is 7.49. The molecule has 1 nitrogen and oxygen atoms in total. The van der Waals surface area contributed by atoms with E-state index in [0.717, 1.165) is 34.2 Å². The van der Waals surface area contributed by atoms with Crippen molar-refractivity contribution in [3.8, 4) is 11.1 Å². The van der Waals surface area contributed by atoms with Gasteiger partial charge in [-0.05, 0) is 65.8 Å². The number of aryl methyl sites for hydroxylation is 1. The number of fused-ring (bicyclic) bond motifs is 3. The number of hydrogen-bond donors (Lipinski definition) is 0. The van der Waals surface area contributed by atoms with Crippen molar-refractivity contribution in [3.05, 3.63) is 101 Å². The van der Waals surface area contributed by atoms with Gasteiger partial charge in [0.25, 0.3) is 0 Å². The highest BCUT2D eigenvalue weighted by molar-refractivity contribution is 6.10. The summed E-state index contributed by atoms with van der Waals surface area (Å²) in [4.78, 5) is 13.1. The fraction of sp³-hybridized carbons (Fsp3) is 0.192. The molecule has 0 saturated heterocycles. The smallest absolute Gasteiger partial charge is 0.193 e. The molecule has 0 N–H and O–H groups in total. The summed E-state index contributed by atoms with van der Waals surface area (Å²) < 4.78 is 0. The fourth-order valence-corrected chi connectivity index (χ4v) is 4.18. The molecule has 1 heteroatoms. The first kappa shape index (κ1) is 17.5. The molecule has 0 aliphatic heterocycles. The van der Waals surface area contributed by atoms with Gasteiger partial charge in [-0.1, -0.05) is 67.6 Å². The van der Waals surface area contributed by atoms with Gasteiger partial charge < -0.3 is 0 Å². The van der Waals surface area contributed by atoms with Crippen LogP contribution < -0.4 is 0 Å². The first-order valence-corrected chi connectivity index (χ1v) is 9.55. The number of allylic oxidation sites excluding steroid dienone is 1. The number of hydrogen-bond acceptors (Lipinski definition) is 1. The Morgan fingerprint density at radius 3 is 2.11 bits per heavy atom. The summed E-state index contributed by atoms with van der Waals surface area (Å²) in [6.07, 6.45) is 1.05. The summed E-state index contributed by atoms with van der Waals surface area (Å²) in [6.45, 7) is 10.3. The van der Waals surface area contributed by atoms with E-state index < -0.39 is 0 Å². The van der Waals surface area contributed by atoms with E-state index in [4.69, 9.17) is 0 Å². The molecule has 3 aromatic rings. The van der Waals surface area contributed by atoms with E-state index >= 15 is 0 Å². The summed E-state index contributed by atoms with van der Waals surface area (Å²) in [5, 5.41) is 0. The Labute approximate surface area is 161 Å². The monoisotopic (exact) mass is 352 g/mol. The van der Waals surface area contributed by atoms with E-state index in [2.05, 4.69) is 43.8 Å². The fourth-order valence-electron chi connectivity index (χ4n) is 4.18. The summed E-state index contributed by atoms with van der Waals surface area (Å²) in [5.41, 5.74) is 9.89. The molecule has 4 rings (SSSR count). The summed E-state index contributed by atoms with van der Waals surface area (Å²) >= 11 is 0. The van der Waals surface area contributed by atoms with Crippen molar-refractivity contribution >= 4 is 11.4 Å². The molecule has 134 valence electrons. The zero-order chi connectivity index (χ0) is 19.1. The predicted molar refractivity (Wildman–Crippen MR) is 113 cm³/mol. The Balaban J connectivity index is 1.86. The highest BCUT2D eigenvalue weighted by Gasteiger charge is 2.28. The SMILES string of the molecule is C=C(C)c1ccc2c(c1)-c1cc(C(=O)c3ccccc3C)ccc1C2CC. The summed E-state index contributed by atoms with van der Waals surface area (Å²) in [7, 11) is 0. The van der Waals surface area contributed by atoms with Crippen molar-refractivity contribution < 1.29 is 4.79 Å². The highest BCUT2D eigenvalue weighted by Crippen LogP contribution is 2.47. The molecule has 1 unspecified atom stereocenters. The second kappa shape index (κ2) is 6.66. The average molecular weight is 352 g/mol. The topological polar surface area (TPSA) is 17.1 Å². The van der Waals surface area contributed by atoms with Crippen molar-refractivity contribution in [1.82, 2.24) is 0 Å². The quantitative estimate of drug-likeness (QED) is 0.473. The molecule has 0 fully saturated rings. The minimum absolute atomic E-state index is 0.0912. The Morgan fingerprint density at radius 1 is 0.926 bits per heavy atom. The minimum atomic E-state index is 0.0912. The van der Waals surface area contributed by atoms with Gasteiger partial charge in [-0.3, -0.25) is 4.79 Å². The van der Waals surface area contributed by atoms with Gasteiger partial charge in [0.2, 0.25) is 0 Å². The van der Waals surface area contributed by atoms with Crippen LogP contribution in [-0.2, 0) is 0 Å². The van der Waals surface area contributed by atoms with Crippen molar-refractivity contribution in [3.63, 3.8) is 0 Å². The first-order chi connectivity index (χ1) is 13.0. The third-order valence-electron chi connectivity index (χ3n) is 5.70. The zero-order valence-electron chi connectivity index (χ0n) is 16.2. The lowest BCUT2D eigenvalue weighted by atomic mass is 9.92. The van der Waals surface area contributed by atoms with Crippen molar-refractivity contribution in [2.45, 2.75) is 33.1 Å².